The molecule has 0 saturated carbocycles. The standard InChI is InChI=1S/C21H36N2O3/c1-16(2)22(5)14-18(24)15-26-20-12-17(8-9-19(20)25-6)13-23-11-7-10-21(23,3)4/h8-9,12,16,18,24H,7,10-11,13-15H2,1-6H3. The van der Waals surface area contributed by atoms with Crippen molar-refractivity contribution < 1.29 is 14.6 Å². The van der Waals surface area contributed by atoms with Gasteiger partial charge >= 0.3 is 0 Å². The van der Waals surface area contributed by atoms with E-state index in [-0.39, 0.29) is 12.1 Å². The maximum atomic E-state index is 10.2. The number of ether oxygens (including phenoxy) is 2. The largest absolute Gasteiger partial charge is 0.493 e. The molecule has 1 atom stereocenters. The summed E-state index contributed by atoms with van der Waals surface area (Å²) in [6.45, 7) is 11.7. The maximum absolute atomic E-state index is 10.2. The van der Waals surface area contributed by atoms with Gasteiger partial charge in [0, 0.05) is 24.7 Å². The molecule has 0 bridgehead atoms. The molecule has 1 aromatic carbocycles. The summed E-state index contributed by atoms with van der Waals surface area (Å²) in [5, 5.41) is 10.2. The molecule has 1 aliphatic rings. The molecule has 1 unspecified atom stereocenters. The van der Waals surface area contributed by atoms with Gasteiger partial charge in [-0.15, -0.1) is 0 Å². The third kappa shape index (κ3) is 5.60. The summed E-state index contributed by atoms with van der Waals surface area (Å²) in [5.41, 5.74) is 1.46. The molecule has 5 heteroatoms. The predicted molar refractivity (Wildman–Crippen MR) is 106 cm³/mol. The van der Waals surface area contributed by atoms with Crippen molar-refractivity contribution in [2.24, 2.45) is 0 Å². The van der Waals surface area contributed by atoms with Gasteiger partial charge in [0.25, 0.3) is 0 Å². The lowest BCUT2D eigenvalue weighted by Gasteiger charge is -2.31. The van der Waals surface area contributed by atoms with Gasteiger partial charge < -0.3 is 19.5 Å². The highest BCUT2D eigenvalue weighted by atomic mass is 16.5. The molecule has 0 spiro atoms. The van der Waals surface area contributed by atoms with Crippen molar-refractivity contribution in [3.63, 3.8) is 0 Å². The van der Waals surface area contributed by atoms with Gasteiger partial charge in [-0.2, -0.15) is 0 Å². The lowest BCUT2D eigenvalue weighted by atomic mass is 10.0. The Kier molecular flexibility index (Phi) is 7.33. The number of hydrogen-bond donors (Lipinski definition) is 1. The Morgan fingerprint density at radius 1 is 1.27 bits per heavy atom. The summed E-state index contributed by atoms with van der Waals surface area (Å²) in [7, 11) is 3.65. The van der Waals surface area contributed by atoms with E-state index in [1.54, 1.807) is 7.11 Å². The summed E-state index contributed by atoms with van der Waals surface area (Å²) in [4.78, 5) is 4.63. The molecule has 1 N–H and O–H groups in total. The third-order valence-electron chi connectivity index (χ3n) is 5.49. The topological polar surface area (TPSA) is 45.2 Å². The Morgan fingerprint density at radius 3 is 2.58 bits per heavy atom. The highest BCUT2D eigenvalue weighted by Crippen LogP contribution is 2.33. The number of aliphatic hydroxyl groups is 1. The Balaban J connectivity index is 2.00. The summed E-state index contributed by atoms with van der Waals surface area (Å²) < 4.78 is 11.3. The maximum Gasteiger partial charge on any atom is 0.161 e. The first-order chi connectivity index (χ1) is 12.2. The fourth-order valence-corrected chi connectivity index (χ4v) is 3.39. The van der Waals surface area contributed by atoms with Crippen LogP contribution in [0.4, 0.5) is 0 Å². The average Bonchev–Trinajstić information content (AvgIpc) is 2.91. The number of methoxy groups -OCH3 is 1. The zero-order chi connectivity index (χ0) is 19.3. The van der Waals surface area contributed by atoms with E-state index >= 15 is 0 Å². The van der Waals surface area contributed by atoms with Gasteiger partial charge in [-0.05, 0) is 71.8 Å². The molecule has 1 aliphatic heterocycles. The molecule has 1 fully saturated rings. The second kappa shape index (κ2) is 9.07. The van der Waals surface area contributed by atoms with Gasteiger partial charge in [0.05, 0.1) is 7.11 Å². The monoisotopic (exact) mass is 364 g/mol. The zero-order valence-electron chi connectivity index (χ0n) is 17.3. The second-order valence-corrected chi connectivity index (χ2v) is 8.32. The van der Waals surface area contributed by atoms with Crippen LogP contribution in [0, 0.1) is 0 Å². The van der Waals surface area contributed by atoms with Crippen LogP contribution in [0.15, 0.2) is 18.2 Å². The van der Waals surface area contributed by atoms with Crippen molar-refractivity contribution in [3.8, 4) is 11.5 Å². The van der Waals surface area contributed by atoms with E-state index in [1.807, 2.05) is 19.2 Å². The van der Waals surface area contributed by atoms with Crippen molar-refractivity contribution in [3.05, 3.63) is 23.8 Å². The Labute approximate surface area is 158 Å². The van der Waals surface area contributed by atoms with Gasteiger partial charge in [0.2, 0.25) is 0 Å². The lowest BCUT2D eigenvalue weighted by molar-refractivity contribution is 0.0667. The number of likely N-dealkylation sites (tertiary alicyclic amines) is 1. The number of hydrogen-bond acceptors (Lipinski definition) is 5. The summed E-state index contributed by atoms with van der Waals surface area (Å²) >= 11 is 0. The normalized spacial score (nSPS) is 18.5. The van der Waals surface area contributed by atoms with E-state index in [9.17, 15) is 5.11 Å². The number of nitrogens with zero attached hydrogens (tertiary/aromatic N) is 2. The minimum atomic E-state index is -0.534. The molecule has 0 radical (unpaired) electrons. The van der Waals surface area contributed by atoms with Crippen molar-refractivity contribution >= 4 is 0 Å². The van der Waals surface area contributed by atoms with Gasteiger partial charge in [0.1, 0.15) is 12.7 Å². The number of likely N-dealkylation sites (N-methyl/N-ethyl adjacent to an activating group) is 1. The van der Waals surface area contributed by atoms with Crippen LogP contribution in [0.2, 0.25) is 0 Å². The quantitative estimate of drug-likeness (QED) is 0.729. The van der Waals surface area contributed by atoms with Crippen LogP contribution in [0.5, 0.6) is 11.5 Å². The van der Waals surface area contributed by atoms with Gasteiger partial charge in [0.15, 0.2) is 11.5 Å². The highest BCUT2D eigenvalue weighted by Gasteiger charge is 2.31. The molecule has 5 nitrogen and oxygen atoms in total. The van der Waals surface area contributed by atoms with E-state index < -0.39 is 6.10 Å². The highest BCUT2D eigenvalue weighted by molar-refractivity contribution is 5.43. The molecule has 0 aromatic heterocycles. The van der Waals surface area contributed by atoms with Crippen molar-refractivity contribution in [2.45, 2.75) is 64.8 Å². The first-order valence-electron chi connectivity index (χ1n) is 9.66. The second-order valence-electron chi connectivity index (χ2n) is 8.32. The van der Waals surface area contributed by atoms with E-state index in [4.69, 9.17) is 9.47 Å². The first-order valence-corrected chi connectivity index (χ1v) is 9.66. The molecule has 26 heavy (non-hydrogen) atoms. The van der Waals surface area contributed by atoms with Crippen molar-refractivity contribution in [1.82, 2.24) is 9.80 Å². The van der Waals surface area contributed by atoms with Crippen LogP contribution < -0.4 is 9.47 Å². The van der Waals surface area contributed by atoms with Crippen LogP contribution in [0.1, 0.15) is 46.1 Å². The third-order valence-corrected chi connectivity index (χ3v) is 5.49. The Bertz CT molecular complexity index is 574. The minimum Gasteiger partial charge on any atom is -0.493 e. The molecular weight excluding hydrogens is 328 g/mol. The van der Waals surface area contributed by atoms with Crippen LogP contribution in [-0.2, 0) is 6.54 Å². The fourth-order valence-electron chi connectivity index (χ4n) is 3.39. The predicted octanol–water partition coefficient (Wildman–Crippen LogP) is 3.15. The summed E-state index contributed by atoms with van der Waals surface area (Å²) in [6, 6.07) is 6.50. The van der Waals surface area contributed by atoms with Gasteiger partial charge in [-0.1, -0.05) is 6.07 Å². The van der Waals surface area contributed by atoms with Crippen LogP contribution in [0.3, 0.4) is 0 Å². The van der Waals surface area contributed by atoms with Crippen LogP contribution in [-0.4, -0.2) is 66.4 Å². The zero-order valence-corrected chi connectivity index (χ0v) is 17.3. The SMILES string of the molecule is COc1ccc(CN2CCCC2(C)C)cc1OCC(O)CN(C)C(C)C. The fraction of sp³-hybridized carbons (Fsp3) is 0.714. The molecule has 148 valence electrons. The number of benzene rings is 1. The summed E-state index contributed by atoms with van der Waals surface area (Å²) in [5.74, 6) is 1.41. The molecule has 1 aromatic rings. The van der Waals surface area contributed by atoms with Crippen LogP contribution in [0.25, 0.3) is 0 Å². The molecule has 2 rings (SSSR count). The van der Waals surface area contributed by atoms with Gasteiger partial charge in [-0.3, -0.25) is 4.90 Å². The summed E-state index contributed by atoms with van der Waals surface area (Å²) in [6.07, 6.45) is 1.96. The smallest absolute Gasteiger partial charge is 0.161 e. The molecular formula is C21H36N2O3. The number of rotatable bonds is 9. The van der Waals surface area contributed by atoms with E-state index in [1.165, 1.54) is 18.4 Å². The molecule has 1 heterocycles. The molecule has 0 amide bonds. The van der Waals surface area contributed by atoms with Gasteiger partial charge in [-0.25, -0.2) is 0 Å². The Morgan fingerprint density at radius 2 is 2.00 bits per heavy atom. The first kappa shape index (κ1) is 21.0. The van der Waals surface area contributed by atoms with Crippen LogP contribution >= 0.6 is 0 Å². The average molecular weight is 365 g/mol. The van der Waals surface area contributed by atoms with E-state index in [0.29, 0.717) is 24.1 Å². The number of aliphatic hydroxyl groups excluding tert-OH is 1. The minimum absolute atomic E-state index is 0.249. The van der Waals surface area contributed by atoms with E-state index in [2.05, 4.69) is 43.6 Å². The molecule has 0 aliphatic carbocycles. The lowest BCUT2D eigenvalue weighted by Crippen LogP contribution is -2.37. The van der Waals surface area contributed by atoms with E-state index in [0.717, 1.165) is 13.1 Å². The van der Waals surface area contributed by atoms with Crippen molar-refractivity contribution in [2.75, 3.05) is 33.9 Å². The Hall–Kier alpha value is -1.30. The molecule has 1 saturated heterocycles. The van der Waals surface area contributed by atoms with Crippen molar-refractivity contribution in [1.29, 1.82) is 0 Å².